The smallest absolute Gasteiger partial charge is 0.336 e. The molecule has 0 spiro atoms. The van der Waals surface area contributed by atoms with Crippen molar-refractivity contribution in [3.05, 3.63) is 52.4 Å². The molecule has 1 aromatic heterocycles. The van der Waals surface area contributed by atoms with Gasteiger partial charge in [-0.15, -0.1) is 0 Å². The van der Waals surface area contributed by atoms with Crippen molar-refractivity contribution in [1.29, 1.82) is 0 Å². The lowest BCUT2D eigenvalue weighted by Crippen LogP contribution is -2.51. The molecule has 0 unspecified atom stereocenters. The highest BCUT2D eigenvalue weighted by molar-refractivity contribution is 5.95. The molecular formula is C26H30O6. The Morgan fingerprint density at radius 1 is 1.09 bits per heavy atom. The molecule has 1 aromatic carbocycles. The highest BCUT2D eigenvalue weighted by Gasteiger charge is 2.53. The average molecular weight is 439 g/mol. The Labute approximate surface area is 187 Å². The van der Waals surface area contributed by atoms with E-state index in [2.05, 4.69) is 26.0 Å². The van der Waals surface area contributed by atoms with Gasteiger partial charge in [-0.05, 0) is 42.9 Å². The summed E-state index contributed by atoms with van der Waals surface area (Å²) in [4.78, 5) is 24.4. The van der Waals surface area contributed by atoms with E-state index in [1.807, 2.05) is 13.8 Å². The molecule has 170 valence electrons. The van der Waals surface area contributed by atoms with E-state index in [0.29, 0.717) is 34.8 Å². The summed E-state index contributed by atoms with van der Waals surface area (Å²) in [7, 11) is 3.07. The summed E-state index contributed by atoms with van der Waals surface area (Å²) in [6.45, 7) is 8.75. The molecule has 0 saturated heterocycles. The zero-order chi connectivity index (χ0) is 23.3. The SMILES string of the molecule is COc1cc2ccc(=O)oc2c(OC)c1OC[C@H]1C(C)=CC[C@@H]2C(C)(C)C(=O)C=C[C@]21C. The van der Waals surface area contributed by atoms with Gasteiger partial charge < -0.3 is 18.6 Å². The molecule has 0 bridgehead atoms. The molecule has 3 atom stereocenters. The van der Waals surface area contributed by atoms with Gasteiger partial charge in [0.15, 0.2) is 17.1 Å². The molecule has 0 amide bonds. The molecule has 0 fully saturated rings. The fourth-order valence-electron chi connectivity index (χ4n) is 5.47. The topological polar surface area (TPSA) is 75.0 Å². The van der Waals surface area contributed by atoms with Gasteiger partial charge in [-0.1, -0.05) is 38.5 Å². The van der Waals surface area contributed by atoms with Gasteiger partial charge >= 0.3 is 5.63 Å². The normalized spacial score (nSPS) is 26.4. The molecule has 0 radical (unpaired) electrons. The van der Waals surface area contributed by atoms with E-state index in [4.69, 9.17) is 18.6 Å². The van der Waals surface area contributed by atoms with Crippen molar-refractivity contribution in [2.75, 3.05) is 20.8 Å². The second-order valence-corrected chi connectivity index (χ2v) is 9.50. The maximum Gasteiger partial charge on any atom is 0.336 e. The van der Waals surface area contributed by atoms with Crippen molar-refractivity contribution in [3.63, 3.8) is 0 Å². The maximum atomic E-state index is 12.6. The maximum absolute atomic E-state index is 12.6. The number of fused-ring (bicyclic) bond motifs is 2. The van der Waals surface area contributed by atoms with Gasteiger partial charge in [0.1, 0.15) is 0 Å². The molecular weight excluding hydrogens is 408 g/mol. The number of carbonyl (C=O) groups excluding carboxylic acids is 1. The molecule has 6 nitrogen and oxygen atoms in total. The van der Waals surface area contributed by atoms with Crippen molar-refractivity contribution in [3.8, 4) is 17.2 Å². The number of methoxy groups -OCH3 is 2. The van der Waals surface area contributed by atoms with Crippen LogP contribution in [-0.4, -0.2) is 26.6 Å². The van der Waals surface area contributed by atoms with Crippen molar-refractivity contribution < 1.29 is 23.4 Å². The van der Waals surface area contributed by atoms with Gasteiger partial charge in [-0.2, -0.15) is 0 Å². The third-order valence-electron chi connectivity index (χ3n) is 7.43. The number of ether oxygens (including phenoxy) is 3. The second-order valence-electron chi connectivity index (χ2n) is 9.50. The van der Waals surface area contributed by atoms with E-state index in [1.165, 1.54) is 18.7 Å². The van der Waals surface area contributed by atoms with Crippen molar-refractivity contribution >= 4 is 16.8 Å². The molecule has 1 heterocycles. The molecule has 0 N–H and O–H groups in total. The van der Waals surface area contributed by atoms with Crippen LogP contribution in [0.25, 0.3) is 11.0 Å². The fraction of sp³-hybridized carbons (Fsp3) is 0.462. The number of hydrogen-bond acceptors (Lipinski definition) is 6. The van der Waals surface area contributed by atoms with Gasteiger partial charge in [-0.3, -0.25) is 4.79 Å². The third-order valence-corrected chi connectivity index (χ3v) is 7.43. The Morgan fingerprint density at radius 3 is 2.53 bits per heavy atom. The standard InChI is InChI=1S/C26H30O6/c1-15-7-9-19-25(2,3)20(27)11-12-26(19,4)17(15)14-31-23-18(29-5)13-16-8-10-21(28)32-22(16)24(23)30-6/h7-8,10-13,17,19H,9,14H2,1-6H3/t17-,19+,26-/m0/s1. The van der Waals surface area contributed by atoms with Crippen LogP contribution < -0.4 is 19.8 Å². The van der Waals surface area contributed by atoms with Crippen LogP contribution in [0.15, 0.2) is 51.2 Å². The highest BCUT2D eigenvalue weighted by Crippen LogP contribution is 2.56. The molecule has 0 saturated carbocycles. The minimum atomic E-state index is -0.465. The summed E-state index contributed by atoms with van der Waals surface area (Å²) < 4.78 is 22.9. The van der Waals surface area contributed by atoms with Crippen molar-refractivity contribution in [1.82, 2.24) is 0 Å². The Bertz CT molecular complexity index is 1180. The van der Waals surface area contributed by atoms with Crippen LogP contribution in [-0.2, 0) is 4.79 Å². The van der Waals surface area contributed by atoms with E-state index in [-0.39, 0.29) is 23.0 Å². The summed E-state index contributed by atoms with van der Waals surface area (Å²) in [6.07, 6.45) is 6.87. The molecule has 0 aliphatic heterocycles. The lowest BCUT2D eigenvalue weighted by atomic mass is 9.51. The molecule has 2 aromatic rings. The average Bonchev–Trinajstić information content (AvgIpc) is 2.75. The minimum absolute atomic E-state index is 0.0535. The van der Waals surface area contributed by atoms with E-state index < -0.39 is 11.0 Å². The van der Waals surface area contributed by atoms with Crippen LogP contribution in [0.5, 0.6) is 17.2 Å². The van der Waals surface area contributed by atoms with Gasteiger partial charge in [0.2, 0.25) is 11.5 Å². The predicted molar refractivity (Wildman–Crippen MR) is 122 cm³/mol. The third kappa shape index (κ3) is 3.33. The number of carbonyl (C=O) groups is 1. The van der Waals surface area contributed by atoms with Gasteiger partial charge in [0.05, 0.1) is 20.8 Å². The van der Waals surface area contributed by atoms with Crippen LogP contribution in [0.4, 0.5) is 0 Å². The summed E-state index contributed by atoms with van der Waals surface area (Å²) in [5.41, 5.74) is 0.400. The van der Waals surface area contributed by atoms with Gasteiger partial charge in [-0.25, -0.2) is 4.79 Å². The molecule has 4 rings (SSSR count). The quantitative estimate of drug-likeness (QED) is 0.486. The largest absolute Gasteiger partial charge is 0.493 e. The highest BCUT2D eigenvalue weighted by atomic mass is 16.5. The fourth-order valence-corrected chi connectivity index (χ4v) is 5.47. The van der Waals surface area contributed by atoms with Crippen molar-refractivity contribution in [2.24, 2.45) is 22.7 Å². The molecule has 6 heteroatoms. The molecule has 2 aliphatic rings. The number of rotatable bonds is 5. The van der Waals surface area contributed by atoms with Gasteiger partial charge in [0.25, 0.3) is 0 Å². The first-order valence-corrected chi connectivity index (χ1v) is 10.9. The minimum Gasteiger partial charge on any atom is -0.493 e. The van der Waals surface area contributed by atoms with E-state index in [9.17, 15) is 9.59 Å². The van der Waals surface area contributed by atoms with Gasteiger partial charge in [0, 0.05) is 22.8 Å². The number of hydrogen-bond donors (Lipinski definition) is 0. The van der Waals surface area contributed by atoms with E-state index in [1.54, 1.807) is 25.3 Å². The molecule has 32 heavy (non-hydrogen) atoms. The van der Waals surface area contributed by atoms with Crippen LogP contribution in [0.2, 0.25) is 0 Å². The zero-order valence-electron chi connectivity index (χ0n) is 19.5. The van der Waals surface area contributed by atoms with Crippen LogP contribution in [0.3, 0.4) is 0 Å². The Hall–Kier alpha value is -3.02. The monoisotopic (exact) mass is 438 g/mol. The predicted octanol–water partition coefficient (Wildman–Crippen LogP) is 4.94. The zero-order valence-corrected chi connectivity index (χ0v) is 19.5. The number of allylic oxidation sites excluding steroid dienone is 3. The molecule has 2 aliphatic carbocycles. The summed E-state index contributed by atoms with van der Waals surface area (Å²) in [6, 6.07) is 4.80. The first kappa shape index (κ1) is 22.2. The van der Waals surface area contributed by atoms with E-state index in [0.717, 1.165) is 6.42 Å². The Morgan fingerprint density at radius 2 is 1.84 bits per heavy atom. The van der Waals surface area contributed by atoms with Crippen LogP contribution >= 0.6 is 0 Å². The number of benzene rings is 1. The lowest BCUT2D eigenvalue weighted by molar-refractivity contribution is -0.130. The first-order valence-electron chi connectivity index (χ1n) is 10.9. The Balaban J connectivity index is 1.75. The lowest BCUT2D eigenvalue weighted by Gasteiger charge is -2.52. The van der Waals surface area contributed by atoms with Crippen LogP contribution in [0.1, 0.15) is 34.1 Å². The summed E-state index contributed by atoms with van der Waals surface area (Å²) in [5, 5.41) is 0.682. The first-order chi connectivity index (χ1) is 15.1. The Kier molecular flexibility index (Phi) is 5.43. The van der Waals surface area contributed by atoms with Crippen LogP contribution in [0, 0.1) is 22.7 Å². The number of ketones is 1. The summed E-state index contributed by atoms with van der Waals surface area (Å²) >= 11 is 0. The van der Waals surface area contributed by atoms with E-state index >= 15 is 0 Å². The van der Waals surface area contributed by atoms with Crippen molar-refractivity contribution in [2.45, 2.75) is 34.1 Å². The second kappa shape index (κ2) is 7.84. The summed E-state index contributed by atoms with van der Waals surface area (Å²) in [5.74, 6) is 1.61.